The summed E-state index contributed by atoms with van der Waals surface area (Å²) in [6, 6.07) is 3.61. The molecule has 0 aliphatic heterocycles. The molecule has 1 rings (SSSR count). The fraction of sp³-hybridized carbons (Fsp3) is 0.500. The van der Waals surface area contributed by atoms with Crippen LogP contribution in [0.3, 0.4) is 0 Å². The summed E-state index contributed by atoms with van der Waals surface area (Å²) in [6.07, 6.45) is -0.481. The summed E-state index contributed by atoms with van der Waals surface area (Å²) in [5, 5.41) is 9.93. The summed E-state index contributed by atoms with van der Waals surface area (Å²) in [4.78, 5) is 0. The third kappa shape index (κ3) is 2.34. The first kappa shape index (κ1) is 12.1. The van der Waals surface area contributed by atoms with Gasteiger partial charge in [-0.05, 0) is 24.0 Å². The average molecular weight is 214 g/mol. The summed E-state index contributed by atoms with van der Waals surface area (Å²) in [7, 11) is 0. The molecule has 0 saturated carbocycles. The molecule has 0 saturated heterocycles. The van der Waals surface area contributed by atoms with Crippen LogP contribution < -0.4 is 0 Å². The maximum Gasteiger partial charge on any atom is 0.131 e. The van der Waals surface area contributed by atoms with E-state index in [2.05, 4.69) is 0 Å². The largest absolute Gasteiger partial charge is 0.388 e. The number of aliphatic hydroxyl groups is 1. The molecule has 0 amide bonds. The normalized spacial score (nSPS) is 14.0. The molecule has 3 heteroatoms. The van der Waals surface area contributed by atoms with E-state index >= 15 is 0 Å². The Kier molecular flexibility index (Phi) is 3.45. The summed E-state index contributed by atoms with van der Waals surface area (Å²) < 4.78 is 26.7. The molecule has 0 spiro atoms. The van der Waals surface area contributed by atoms with Gasteiger partial charge in [0.05, 0.1) is 11.7 Å². The maximum absolute atomic E-state index is 13.4. The molecule has 84 valence electrons. The molecular weight excluding hydrogens is 198 g/mol. The molecular formula is C12H16F2O. The van der Waals surface area contributed by atoms with Gasteiger partial charge in [0.2, 0.25) is 0 Å². The first-order valence-corrected chi connectivity index (χ1v) is 5.02. The van der Waals surface area contributed by atoms with Gasteiger partial charge in [-0.25, -0.2) is 8.78 Å². The average Bonchev–Trinajstić information content (AvgIpc) is 2.17. The third-order valence-electron chi connectivity index (χ3n) is 2.92. The van der Waals surface area contributed by atoms with Crippen LogP contribution in [0.5, 0.6) is 0 Å². The van der Waals surface area contributed by atoms with Crippen molar-refractivity contribution in [3.63, 3.8) is 0 Å². The standard InChI is InChI=1S/C12H16F2O/c1-4-12(2,3)11(15)10-8(13)6-5-7-9(10)14/h5-7,11,15H,4H2,1-3H3. The number of halogens is 2. The molecule has 1 N–H and O–H groups in total. The van der Waals surface area contributed by atoms with Crippen LogP contribution in [0.1, 0.15) is 38.9 Å². The van der Waals surface area contributed by atoms with E-state index < -0.39 is 23.2 Å². The highest BCUT2D eigenvalue weighted by Gasteiger charge is 2.31. The van der Waals surface area contributed by atoms with Crippen LogP contribution in [-0.4, -0.2) is 5.11 Å². The molecule has 1 atom stereocenters. The van der Waals surface area contributed by atoms with E-state index in [1.807, 2.05) is 6.92 Å². The smallest absolute Gasteiger partial charge is 0.131 e. The van der Waals surface area contributed by atoms with Gasteiger partial charge in [0.25, 0.3) is 0 Å². The van der Waals surface area contributed by atoms with Crippen molar-refractivity contribution in [3.8, 4) is 0 Å². The molecule has 1 aromatic carbocycles. The van der Waals surface area contributed by atoms with Crippen molar-refractivity contribution >= 4 is 0 Å². The Morgan fingerprint density at radius 2 is 1.73 bits per heavy atom. The molecule has 15 heavy (non-hydrogen) atoms. The number of hydrogen-bond donors (Lipinski definition) is 1. The summed E-state index contributed by atoms with van der Waals surface area (Å²) in [6.45, 7) is 5.44. The van der Waals surface area contributed by atoms with Crippen molar-refractivity contribution in [1.29, 1.82) is 0 Å². The lowest BCUT2D eigenvalue weighted by Crippen LogP contribution is -2.23. The zero-order chi connectivity index (χ0) is 11.6. The lowest BCUT2D eigenvalue weighted by molar-refractivity contribution is 0.0405. The second-order valence-corrected chi connectivity index (χ2v) is 4.38. The van der Waals surface area contributed by atoms with Gasteiger partial charge in [-0.2, -0.15) is 0 Å². The Morgan fingerprint density at radius 3 is 2.13 bits per heavy atom. The highest BCUT2D eigenvalue weighted by molar-refractivity contribution is 5.23. The zero-order valence-corrected chi connectivity index (χ0v) is 9.22. The second-order valence-electron chi connectivity index (χ2n) is 4.38. The fourth-order valence-corrected chi connectivity index (χ4v) is 1.36. The minimum atomic E-state index is -1.12. The van der Waals surface area contributed by atoms with E-state index in [-0.39, 0.29) is 5.56 Å². The van der Waals surface area contributed by atoms with Crippen LogP contribution in [0.25, 0.3) is 0 Å². The highest BCUT2D eigenvalue weighted by atomic mass is 19.1. The first-order chi connectivity index (χ1) is 6.90. The van der Waals surface area contributed by atoms with Gasteiger partial charge in [0, 0.05) is 0 Å². The van der Waals surface area contributed by atoms with Gasteiger partial charge in [0.15, 0.2) is 0 Å². The first-order valence-electron chi connectivity index (χ1n) is 5.02. The van der Waals surface area contributed by atoms with E-state index in [4.69, 9.17) is 0 Å². The summed E-state index contributed by atoms with van der Waals surface area (Å²) in [5.41, 5.74) is -0.771. The van der Waals surface area contributed by atoms with Crippen LogP contribution in [0.4, 0.5) is 8.78 Å². The highest BCUT2D eigenvalue weighted by Crippen LogP contribution is 2.38. The second kappa shape index (κ2) is 4.27. The van der Waals surface area contributed by atoms with E-state index in [1.165, 1.54) is 6.07 Å². The van der Waals surface area contributed by atoms with Gasteiger partial charge in [0.1, 0.15) is 11.6 Å². The fourth-order valence-electron chi connectivity index (χ4n) is 1.36. The van der Waals surface area contributed by atoms with E-state index in [1.54, 1.807) is 13.8 Å². The number of rotatable bonds is 3. The summed E-state index contributed by atoms with van der Waals surface area (Å²) in [5.74, 6) is -1.38. The molecule has 0 aromatic heterocycles. The molecule has 0 heterocycles. The predicted octanol–water partition coefficient (Wildman–Crippen LogP) is 3.43. The Labute approximate surface area is 88.7 Å². The molecule has 0 fully saturated rings. The molecule has 1 aromatic rings. The van der Waals surface area contributed by atoms with Crippen molar-refractivity contribution in [1.82, 2.24) is 0 Å². The summed E-state index contributed by atoms with van der Waals surface area (Å²) >= 11 is 0. The van der Waals surface area contributed by atoms with Gasteiger partial charge < -0.3 is 5.11 Å². The lowest BCUT2D eigenvalue weighted by Gasteiger charge is -2.29. The number of hydrogen-bond acceptors (Lipinski definition) is 1. The Morgan fingerprint density at radius 1 is 1.27 bits per heavy atom. The molecule has 0 radical (unpaired) electrons. The van der Waals surface area contributed by atoms with E-state index in [9.17, 15) is 13.9 Å². The molecule has 1 nitrogen and oxygen atoms in total. The van der Waals surface area contributed by atoms with Gasteiger partial charge in [-0.3, -0.25) is 0 Å². The monoisotopic (exact) mass is 214 g/mol. The maximum atomic E-state index is 13.4. The SMILES string of the molecule is CCC(C)(C)C(O)c1c(F)cccc1F. The molecule has 1 unspecified atom stereocenters. The van der Waals surface area contributed by atoms with Crippen LogP contribution in [0.2, 0.25) is 0 Å². The molecule has 0 bridgehead atoms. The van der Waals surface area contributed by atoms with Gasteiger partial charge in [-0.15, -0.1) is 0 Å². The zero-order valence-electron chi connectivity index (χ0n) is 9.22. The number of benzene rings is 1. The van der Waals surface area contributed by atoms with Crippen molar-refractivity contribution in [2.45, 2.75) is 33.3 Å². The van der Waals surface area contributed by atoms with Crippen molar-refractivity contribution in [3.05, 3.63) is 35.4 Å². The van der Waals surface area contributed by atoms with Crippen LogP contribution in [-0.2, 0) is 0 Å². The van der Waals surface area contributed by atoms with E-state index in [0.717, 1.165) is 12.1 Å². The Bertz CT molecular complexity index is 327. The van der Waals surface area contributed by atoms with E-state index in [0.29, 0.717) is 6.42 Å². The minimum absolute atomic E-state index is 0.232. The minimum Gasteiger partial charge on any atom is -0.388 e. The predicted molar refractivity (Wildman–Crippen MR) is 55.4 cm³/mol. The van der Waals surface area contributed by atoms with Gasteiger partial charge >= 0.3 is 0 Å². The third-order valence-corrected chi connectivity index (χ3v) is 2.92. The molecule has 0 aliphatic rings. The Hall–Kier alpha value is -0.960. The topological polar surface area (TPSA) is 20.2 Å². The van der Waals surface area contributed by atoms with Crippen molar-refractivity contribution in [2.24, 2.45) is 5.41 Å². The van der Waals surface area contributed by atoms with Crippen LogP contribution in [0, 0.1) is 17.0 Å². The van der Waals surface area contributed by atoms with Crippen molar-refractivity contribution in [2.75, 3.05) is 0 Å². The van der Waals surface area contributed by atoms with Gasteiger partial charge in [-0.1, -0.05) is 26.8 Å². The number of aliphatic hydroxyl groups excluding tert-OH is 1. The quantitative estimate of drug-likeness (QED) is 0.817. The van der Waals surface area contributed by atoms with Crippen LogP contribution in [0.15, 0.2) is 18.2 Å². The van der Waals surface area contributed by atoms with Crippen molar-refractivity contribution < 1.29 is 13.9 Å². The van der Waals surface area contributed by atoms with Crippen LogP contribution >= 0.6 is 0 Å². The lowest BCUT2D eigenvalue weighted by atomic mass is 9.80. The Balaban J connectivity index is 3.16. The molecule has 0 aliphatic carbocycles.